The van der Waals surface area contributed by atoms with Gasteiger partial charge in [0.1, 0.15) is 18.0 Å². The van der Waals surface area contributed by atoms with Gasteiger partial charge in [-0.3, -0.25) is 0 Å². The summed E-state index contributed by atoms with van der Waals surface area (Å²) < 4.78 is 87.2. The standard InChI is InChI=1S/C75H84O17/c1-43-33-38-75(82-41-43)44(2)59-57(92-75)40-56-54-32-29-51-39-53(34-36-73(51,4)55(54)35-37-74(56,59)5)84-72-65(63(88-68(78)48-23-15-9-16-24-48)61-58(85-72)42-81-70(90-61)50-27-30-52(80-6)31-28-50)91-71-64(89-69(79)49-25-17-10-18-26-49)62(87-67(77)47-21-13-8-14-22-47)60(45(3)83-71)86-66(76)46-19-11-7-12-20-46/h7-31,43-45,53-65,70-72H,32-42H2,1-6H3/t43-,44+,45?,53+,54-,55+,56+,57+,58?,59+,60+,61-,62?,63?,64+,65+,70?,71+,72-,73+,74+,75-/m1/s1. The van der Waals surface area contributed by atoms with Crippen LogP contribution in [0.15, 0.2) is 157 Å². The predicted octanol–water partition coefficient (Wildman–Crippen LogP) is 12.6. The van der Waals surface area contributed by atoms with Crippen molar-refractivity contribution < 1.29 is 80.8 Å². The second kappa shape index (κ2) is 25.8. The average Bonchev–Trinajstić information content (AvgIpc) is 1.51. The van der Waals surface area contributed by atoms with Crippen molar-refractivity contribution in [3.63, 3.8) is 0 Å². The van der Waals surface area contributed by atoms with E-state index in [1.165, 1.54) is 5.57 Å². The Kier molecular flexibility index (Phi) is 17.6. The summed E-state index contributed by atoms with van der Waals surface area (Å²) in [6.07, 6.45) is -3.41. The van der Waals surface area contributed by atoms with E-state index < -0.39 is 103 Å². The quantitative estimate of drug-likeness (QED) is 0.0579. The number of rotatable bonds is 14. The van der Waals surface area contributed by atoms with Gasteiger partial charge in [-0.25, -0.2) is 19.2 Å². The van der Waals surface area contributed by atoms with Crippen molar-refractivity contribution in [1.82, 2.24) is 0 Å². The molecule has 486 valence electrons. The molecule has 9 aliphatic rings. The smallest absolute Gasteiger partial charge is 0.338 e. The zero-order chi connectivity index (χ0) is 63.5. The van der Waals surface area contributed by atoms with E-state index in [4.69, 9.17) is 61.6 Å². The maximum absolute atomic E-state index is 14.8. The van der Waals surface area contributed by atoms with Crippen molar-refractivity contribution in [2.75, 3.05) is 20.3 Å². The number of carbonyl (C=O) groups is 4. The van der Waals surface area contributed by atoms with Crippen molar-refractivity contribution >= 4 is 23.9 Å². The van der Waals surface area contributed by atoms with E-state index in [9.17, 15) is 19.2 Å². The number of benzene rings is 5. The summed E-state index contributed by atoms with van der Waals surface area (Å²) in [5, 5.41) is 0. The Morgan fingerprint density at radius 2 is 1.12 bits per heavy atom. The highest BCUT2D eigenvalue weighted by Gasteiger charge is 2.69. The summed E-state index contributed by atoms with van der Waals surface area (Å²) in [4.78, 5) is 58.1. The van der Waals surface area contributed by atoms with Crippen molar-refractivity contribution in [2.24, 2.45) is 46.3 Å². The number of carbonyl (C=O) groups excluding carboxylic acids is 4. The lowest BCUT2D eigenvalue weighted by Crippen LogP contribution is -2.67. The van der Waals surface area contributed by atoms with Gasteiger partial charge in [0, 0.05) is 17.9 Å². The largest absolute Gasteiger partial charge is 0.497 e. The Labute approximate surface area is 537 Å². The van der Waals surface area contributed by atoms with Crippen LogP contribution < -0.4 is 4.74 Å². The molecule has 0 N–H and O–H groups in total. The average molecular weight is 1260 g/mol. The summed E-state index contributed by atoms with van der Waals surface area (Å²) in [6.45, 7) is 12.1. The highest BCUT2D eigenvalue weighted by Crippen LogP contribution is 2.71. The summed E-state index contributed by atoms with van der Waals surface area (Å²) in [5.41, 5.74) is 2.94. The number of hydrogen-bond donors (Lipinski definition) is 0. The molecule has 5 unspecified atom stereocenters. The highest BCUT2D eigenvalue weighted by atomic mass is 16.8. The second-order valence-electron chi connectivity index (χ2n) is 27.6. The molecule has 8 fully saturated rings. The fourth-order valence-corrected chi connectivity index (χ4v) is 17.5. The molecule has 92 heavy (non-hydrogen) atoms. The number of methoxy groups -OCH3 is 1. The summed E-state index contributed by atoms with van der Waals surface area (Å²) >= 11 is 0. The number of esters is 4. The third-order valence-corrected chi connectivity index (χ3v) is 22.4. The molecule has 17 heteroatoms. The number of allylic oxidation sites excluding steroid dienone is 1. The van der Waals surface area contributed by atoms with Gasteiger partial charge in [-0.05, 0) is 159 Å². The molecule has 5 aromatic carbocycles. The summed E-state index contributed by atoms with van der Waals surface area (Å²) in [6, 6.07) is 40.9. The molecule has 0 amide bonds. The zero-order valence-electron chi connectivity index (χ0n) is 53.1. The minimum Gasteiger partial charge on any atom is -0.497 e. The Balaban J connectivity index is 0.808. The third kappa shape index (κ3) is 11.8. The van der Waals surface area contributed by atoms with Crippen LogP contribution in [0.4, 0.5) is 0 Å². The molecule has 4 aliphatic carbocycles. The van der Waals surface area contributed by atoms with Gasteiger partial charge in [0.25, 0.3) is 0 Å². The first-order chi connectivity index (χ1) is 44.6. The highest BCUT2D eigenvalue weighted by molar-refractivity contribution is 5.91. The van der Waals surface area contributed by atoms with Gasteiger partial charge >= 0.3 is 23.9 Å². The first kappa shape index (κ1) is 62.6. The Hall–Kier alpha value is -6.80. The fraction of sp³-hybridized carbons (Fsp3) is 0.520. The first-order valence-electron chi connectivity index (χ1n) is 33.2. The normalized spacial score (nSPS) is 38.6. The van der Waals surface area contributed by atoms with E-state index in [1.54, 1.807) is 147 Å². The van der Waals surface area contributed by atoms with Crippen LogP contribution in [0.5, 0.6) is 5.75 Å². The van der Waals surface area contributed by atoms with Gasteiger partial charge in [0.15, 0.2) is 55.2 Å². The molecular formula is C75H84O17. The number of ether oxygens (including phenoxy) is 13. The monoisotopic (exact) mass is 1260 g/mol. The molecule has 5 aliphatic heterocycles. The SMILES string of the molecule is COc1ccc(C2OCC3O[C@@H](O[C@H]4CC[C@@]5(C)C(=CC[C@H]6[C@@H]7C[C@@H]8O[C@]9(CC[C@@H](C)CO9)[C@@H](C)[C@@H]8[C@@]7(C)CC[C@@H]65)C4)[C@@H](O[C@@H]4OC(C)[C@H](OC(=O)c5ccccc5)C(OC(=O)c5ccccc5)[C@@H]4OC(=O)c4ccccc4)C(OC(=O)c4ccccc4)[C@@H]3O2)cc1. The third-order valence-electron chi connectivity index (χ3n) is 22.4. The molecule has 5 heterocycles. The molecule has 22 atom stereocenters. The Bertz CT molecular complexity index is 3450. The van der Waals surface area contributed by atoms with E-state index in [0.717, 1.165) is 51.6 Å². The lowest BCUT2D eigenvalue weighted by Gasteiger charge is -2.59. The van der Waals surface area contributed by atoms with Crippen LogP contribution in [0.3, 0.4) is 0 Å². The van der Waals surface area contributed by atoms with Gasteiger partial charge < -0.3 is 61.6 Å². The molecule has 5 aromatic rings. The lowest BCUT2D eigenvalue weighted by atomic mass is 9.47. The maximum Gasteiger partial charge on any atom is 0.338 e. The Morgan fingerprint density at radius 3 is 1.71 bits per heavy atom. The zero-order valence-corrected chi connectivity index (χ0v) is 53.1. The predicted molar refractivity (Wildman–Crippen MR) is 334 cm³/mol. The summed E-state index contributed by atoms with van der Waals surface area (Å²) in [5.74, 6) is 0.00123. The summed E-state index contributed by atoms with van der Waals surface area (Å²) in [7, 11) is 1.59. The lowest BCUT2D eigenvalue weighted by molar-refractivity contribution is -0.394. The van der Waals surface area contributed by atoms with Gasteiger partial charge in [-0.1, -0.05) is 124 Å². The van der Waals surface area contributed by atoms with Crippen LogP contribution in [0.2, 0.25) is 0 Å². The maximum atomic E-state index is 14.8. The van der Waals surface area contributed by atoms with Crippen LogP contribution in [0.25, 0.3) is 0 Å². The number of fused-ring (bicyclic) bond motifs is 8. The van der Waals surface area contributed by atoms with Gasteiger partial charge in [0.05, 0.1) is 60.9 Å². The molecule has 0 aromatic heterocycles. The van der Waals surface area contributed by atoms with Gasteiger partial charge in [0.2, 0.25) is 0 Å². The van der Waals surface area contributed by atoms with Crippen molar-refractivity contribution in [1.29, 1.82) is 0 Å². The van der Waals surface area contributed by atoms with Crippen LogP contribution in [0.1, 0.15) is 146 Å². The molecule has 3 saturated carbocycles. The number of hydrogen-bond acceptors (Lipinski definition) is 17. The van der Waals surface area contributed by atoms with E-state index in [-0.39, 0.29) is 45.8 Å². The topological polar surface area (TPSA) is 188 Å². The minimum atomic E-state index is -1.67. The van der Waals surface area contributed by atoms with Crippen LogP contribution in [-0.2, 0) is 56.8 Å². The molecule has 0 radical (unpaired) electrons. The van der Waals surface area contributed by atoms with Crippen molar-refractivity contribution in [2.45, 2.75) is 178 Å². The molecule has 5 saturated heterocycles. The van der Waals surface area contributed by atoms with E-state index in [2.05, 4.69) is 33.8 Å². The van der Waals surface area contributed by atoms with E-state index in [1.807, 2.05) is 12.1 Å². The first-order valence-corrected chi connectivity index (χ1v) is 33.2. The minimum absolute atomic E-state index is 0.00334. The van der Waals surface area contributed by atoms with Crippen LogP contribution >= 0.6 is 0 Å². The van der Waals surface area contributed by atoms with Gasteiger partial charge in [-0.15, -0.1) is 0 Å². The molecule has 1 spiro atoms. The van der Waals surface area contributed by atoms with Crippen molar-refractivity contribution in [3.8, 4) is 5.75 Å². The Morgan fingerprint density at radius 1 is 0.543 bits per heavy atom. The van der Waals surface area contributed by atoms with E-state index in [0.29, 0.717) is 59.7 Å². The molecular weight excluding hydrogens is 1170 g/mol. The van der Waals surface area contributed by atoms with Crippen LogP contribution in [-0.4, -0.2) is 124 Å². The van der Waals surface area contributed by atoms with Crippen LogP contribution in [0, 0.1) is 46.3 Å². The molecule has 14 rings (SSSR count). The second-order valence-corrected chi connectivity index (χ2v) is 27.6. The van der Waals surface area contributed by atoms with Gasteiger partial charge in [-0.2, -0.15) is 0 Å². The van der Waals surface area contributed by atoms with E-state index >= 15 is 0 Å². The molecule has 17 nitrogen and oxygen atoms in total. The van der Waals surface area contributed by atoms with Crippen molar-refractivity contribution in [3.05, 3.63) is 185 Å². The fourth-order valence-electron chi connectivity index (χ4n) is 17.5. The molecule has 0 bridgehead atoms.